The van der Waals surface area contributed by atoms with E-state index in [1.54, 1.807) is 26.0 Å². The van der Waals surface area contributed by atoms with Crippen molar-refractivity contribution in [2.24, 2.45) is 0 Å². The highest BCUT2D eigenvalue weighted by Gasteiger charge is 2.18. The molecular formula is C13H19FN2O2. The van der Waals surface area contributed by atoms with Crippen LogP contribution in [0, 0.1) is 5.82 Å². The molecule has 18 heavy (non-hydrogen) atoms. The van der Waals surface area contributed by atoms with Gasteiger partial charge < -0.3 is 15.7 Å². The van der Waals surface area contributed by atoms with Crippen LogP contribution in [0.2, 0.25) is 0 Å². The van der Waals surface area contributed by atoms with Crippen molar-refractivity contribution in [3.63, 3.8) is 0 Å². The number of carbonyl (C=O) groups excluding carboxylic acids is 1. The van der Waals surface area contributed by atoms with Crippen molar-refractivity contribution in [1.29, 1.82) is 0 Å². The molecule has 0 aliphatic rings. The number of benzene rings is 1. The van der Waals surface area contributed by atoms with Crippen LogP contribution in [-0.2, 0) is 6.42 Å². The lowest BCUT2D eigenvalue weighted by molar-refractivity contribution is 0.182. The molecule has 0 fully saturated rings. The first-order valence-electron chi connectivity index (χ1n) is 5.84. The maximum atomic E-state index is 12.7. The highest BCUT2D eigenvalue weighted by Crippen LogP contribution is 2.03. The third-order valence-electron chi connectivity index (χ3n) is 2.46. The van der Waals surface area contributed by atoms with E-state index in [0.29, 0.717) is 13.0 Å². The topological polar surface area (TPSA) is 61.4 Å². The van der Waals surface area contributed by atoms with E-state index in [-0.39, 0.29) is 18.5 Å². The number of amides is 2. The Hall–Kier alpha value is -1.62. The molecule has 1 aromatic carbocycles. The van der Waals surface area contributed by atoms with Crippen molar-refractivity contribution in [2.75, 3.05) is 13.2 Å². The van der Waals surface area contributed by atoms with Crippen LogP contribution in [0.15, 0.2) is 24.3 Å². The molecule has 0 atom stereocenters. The number of aliphatic hydroxyl groups excluding tert-OH is 1. The summed E-state index contributed by atoms with van der Waals surface area (Å²) in [6.07, 6.45) is 0.632. The Bertz CT molecular complexity index is 390. The van der Waals surface area contributed by atoms with Crippen LogP contribution in [-0.4, -0.2) is 29.8 Å². The summed E-state index contributed by atoms with van der Waals surface area (Å²) in [7, 11) is 0. The molecule has 0 aromatic heterocycles. The standard InChI is InChI=1S/C13H19FN2O2/c1-13(2,9-17)16-12(18)15-8-7-10-3-5-11(14)6-4-10/h3-6,17H,7-9H2,1-2H3,(H2,15,16,18). The van der Waals surface area contributed by atoms with Crippen molar-refractivity contribution < 1.29 is 14.3 Å². The molecule has 0 aliphatic carbocycles. The predicted molar refractivity (Wildman–Crippen MR) is 67.8 cm³/mol. The van der Waals surface area contributed by atoms with Crippen molar-refractivity contribution in [3.8, 4) is 0 Å². The number of carbonyl (C=O) groups is 1. The van der Waals surface area contributed by atoms with Gasteiger partial charge in [-0.15, -0.1) is 0 Å². The number of rotatable bonds is 5. The fourth-order valence-electron chi connectivity index (χ4n) is 1.36. The van der Waals surface area contributed by atoms with Gasteiger partial charge in [-0.3, -0.25) is 0 Å². The van der Waals surface area contributed by atoms with E-state index in [1.807, 2.05) is 0 Å². The van der Waals surface area contributed by atoms with Crippen LogP contribution in [0.1, 0.15) is 19.4 Å². The molecule has 4 nitrogen and oxygen atoms in total. The van der Waals surface area contributed by atoms with Crippen LogP contribution in [0.5, 0.6) is 0 Å². The second-order valence-electron chi connectivity index (χ2n) is 4.80. The summed E-state index contributed by atoms with van der Waals surface area (Å²) in [6, 6.07) is 5.84. The van der Waals surface area contributed by atoms with E-state index in [9.17, 15) is 9.18 Å². The molecule has 2 amide bonds. The maximum Gasteiger partial charge on any atom is 0.315 e. The third kappa shape index (κ3) is 5.14. The zero-order chi connectivity index (χ0) is 13.6. The molecule has 3 N–H and O–H groups in total. The van der Waals surface area contributed by atoms with Gasteiger partial charge in [-0.2, -0.15) is 0 Å². The maximum absolute atomic E-state index is 12.7. The second kappa shape index (κ2) is 6.35. The average molecular weight is 254 g/mol. The molecule has 0 unspecified atom stereocenters. The summed E-state index contributed by atoms with van der Waals surface area (Å²) in [5.41, 5.74) is 0.318. The lowest BCUT2D eigenvalue weighted by atomic mass is 10.1. The molecule has 0 bridgehead atoms. The Kier molecular flexibility index (Phi) is 5.09. The van der Waals surface area contributed by atoms with Crippen LogP contribution in [0.4, 0.5) is 9.18 Å². The Morgan fingerprint density at radius 1 is 1.33 bits per heavy atom. The zero-order valence-electron chi connectivity index (χ0n) is 10.7. The Morgan fingerprint density at radius 3 is 2.50 bits per heavy atom. The minimum atomic E-state index is -0.639. The molecule has 0 spiro atoms. The highest BCUT2D eigenvalue weighted by atomic mass is 19.1. The van der Waals surface area contributed by atoms with Gasteiger partial charge in [0.15, 0.2) is 0 Å². The van der Waals surface area contributed by atoms with E-state index in [0.717, 1.165) is 5.56 Å². The fourth-order valence-corrected chi connectivity index (χ4v) is 1.36. The van der Waals surface area contributed by atoms with Crippen LogP contribution in [0.25, 0.3) is 0 Å². The van der Waals surface area contributed by atoms with E-state index in [1.165, 1.54) is 12.1 Å². The van der Waals surface area contributed by atoms with Gasteiger partial charge in [0.2, 0.25) is 0 Å². The first kappa shape index (κ1) is 14.4. The van der Waals surface area contributed by atoms with Crippen molar-refractivity contribution in [3.05, 3.63) is 35.6 Å². The second-order valence-corrected chi connectivity index (χ2v) is 4.80. The zero-order valence-corrected chi connectivity index (χ0v) is 10.7. The number of hydrogen-bond acceptors (Lipinski definition) is 2. The SMILES string of the molecule is CC(C)(CO)NC(=O)NCCc1ccc(F)cc1. The van der Waals surface area contributed by atoms with Crippen molar-refractivity contribution >= 4 is 6.03 Å². The largest absolute Gasteiger partial charge is 0.394 e. The van der Waals surface area contributed by atoms with E-state index < -0.39 is 5.54 Å². The van der Waals surface area contributed by atoms with Gasteiger partial charge in [0.05, 0.1) is 12.1 Å². The Morgan fingerprint density at radius 2 is 1.94 bits per heavy atom. The molecule has 1 aromatic rings. The summed E-state index contributed by atoms with van der Waals surface area (Å²) in [5, 5.41) is 14.3. The number of halogens is 1. The van der Waals surface area contributed by atoms with Gasteiger partial charge in [0, 0.05) is 6.54 Å². The Balaban J connectivity index is 2.29. The van der Waals surface area contributed by atoms with Gasteiger partial charge in [-0.05, 0) is 38.0 Å². The summed E-state index contributed by atoms with van der Waals surface area (Å²) in [5.74, 6) is -0.269. The fraction of sp³-hybridized carbons (Fsp3) is 0.462. The normalized spacial score (nSPS) is 11.1. The lowest BCUT2D eigenvalue weighted by Gasteiger charge is -2.23. The number of nitrogens with one attached hydrogen (secondary N) is 2. The number of aliphatic hydroxyl groups is 1. The van der Waals surface area contributed by atoms with E-state index in [4.69, 9.17) is 5.11 Å². The minimum absolute atomic E-state index is 0.127. The van der Waals surface area contributed by atoms with Gasteiger partial charge in [-0.1, -0.05) is 12.1 Å². The molecule has 0 radical (unpaired) electrons. The summed E-state index contributed by atoms with van der Waals surface area (Å²) >= 11 is 0. The summed E-state index contributed by atoms with van der Waals surface area (Å²) < 4.78 is 12.7. The molecule has 1 rings (SSSR count). The quantitative estimate of drug-likeness (QED) is 0.744. The molecule has 5 heteroatoms. The monoisotopic (exact) mass is 254 g/mol. The van der Waals surface area contributed by atoms with Crippen LogP contribution in [0.3, 0.4) is 0 Å². The molecular weight excluding hydrogens is 235 g/mol. The number of hydrogen-bond donors (Lipinski definition) is 3. The minimum Gasteiger partial charge on any atom is -0.394 e. The molecule has 0 saturated carbocycles. The predicted octanol–water partition coefficient (Wildman–Crippen LogP) is 1.44. The smallest absolute Gasteiger partial charge is 0.315 e. The van der Waals surface area contributed by atoms with Gasteiger partial charge in [0.1, 0.15) is 5.82 Å². The molecule has 0 heterocycles. The molecule has 100 valence electrons. The first-order chi connectivity index (χ1) is 8.43. The van der Waals surface area contributed by atoms with E-state index in [2.05, 4.69) is 10.6 Å². The summed E-state index contributed by atoms with van der Waals surface area (Å²) in [4.78, 5) is 11.5. The van der Waals surface area contributed by atoms with E-state index >= 15 is 0 Å². The van der Waals surface area contributed by atoms with Gasteiger partial charge in [0.25, 0.3) is 0 Å². The molecule has 0 aliphatic heterocycles. The van der Waals surface area contributed by atoms with Gasteiger partial charge in [-0.25, -0.2) is 9.18 Å². The summed E-state index contributed by atoms with van der Waals surface area (Å²) in [6.45, 7) is 3.79. The lowest BCUT2D eigenvalue weighted by Crippen LogP contribution is -2.50. The number of urea groups is 1. The van der Waals surface area contributed by atoms with Crippen molar-refractivity contribution in [2.45, 2.75) is 25.8 Å². The third-order valence-corrected chi connectivity index (χ3v) is 2.46. The van der Waals surface area contributed by atoms with Crippen LogP contribution < -0.4 is 10.6 Å². The highest BCUT2D eigenvalue weighted by molar-refractivity contribution is 5.74. The van der Waals surface area contributed by atoms with Crippen LogP contribution >= 0.6 is 0 Å². The van der Waals surface area contributed by atoms with Gasteiger partial charge >= 0.3 is 6.03 Å². The first-order valence-corrected chi connectivity index (χ1v) is 5.84. The van der Waals surface area contributed by atoms with Crippen molar-refractivity contribution in [1.82, 2.24) is 10.6 Å². The average Bonchev–Trinajstić information content (AvgIpc) is 2.31. The Labute approximate surface area is 106 Å². The molecule has 0 saturated heterocycles.